The largest absolute Gasteiger partial charge is 0.383 e. The first kappa shape index (κ1) is 12.7. The third-order valence-electron chi connectivity index (χ3n) is 3.55. The topological polar surface area (TPSA) is 17.0 Å². The summed E-state index contributed by atoms with van der Waals surface area (Å²) in [5, 5.41) is 4.49. The minimum Gasteiger partial charge on any atom is -0.383 e. The zero-order chi connectivity index (χ0) is 13.9. The molecule has 3 rings (SSSR count). The summed E-state index contributed by atoms with van der Waals surface area (Å²) in [6.45, 7) is 3.70. The molecule has 0 aliphatic rings. The van der Waals surface area contributed by atoms with Crippen LogP contribution in [0.5, 0.6) is 0 Å². The van der Waals surface area contributed by atoms with Crippen LogP contribution in [0.2, 0.25) is 0 Å². The molecule has 2 aromatic carbocycles. The summed E-state index contributed by atoms with van der Waals surface area (Å²) in [5.41, 5.74) is 3.32. The number of benzene rings is 2. The fourth-order valence-electron chi connectivity index (χ4n) is 2.43. The van der Waals surface area contributed by atoms with Gasteiger partial charge in [-0.3, -0.25) is 0 Å². The Labute approximate surface area is 117 Å². The summed E-state index contributed by atoms with van der Waals surface area (Å²) in [6, 6.07) is 15.1. The molecule has 0 atom stereocenters. The smallest absolute Gasteiger partial charge is 0.125 e. The lowest BCUT2D eigenvalue weighted by Crippen LogP contribution is -2.10. The van der Waals surface area contributed by atoms with Gasteiger partial charge in [-0.25, -0.2) is 4.39 Å². The van der Waals surface area contributed by atoms with Crippen LogP contribution in [0.15, 0.2) is 54.7 Å². The Bertz CT molecular complexity index is 731. The molecule has 1 heterocycles. The van der Waals surface area contributed by atoms with E-state index in [1.165, 1.54) is 11.6 Å². The molecule has 0 amide bonds. The van der Waals surface area contributed by atoms with Gasteiger partial charge in [-0.15, -0.1) is 0 Å². The molecule has 0 saturated heterocycles. The fourth-order valence-corrected chi connectivity index (χ4v) is 2.43. The van der Waals surface area contributed by atoms with Crippen molar-refractivity contribution in [2.24, 2.45) is 0 Å². The van der Waals surface area contributed by atoms with E-state index in [9.17, 15) is 4.39 Å². The van der Waals surface area contributed by atoms with Crippen molar-refractivity contribution >= 4 is 16.6 Å². The number of halogens is 1. The zero-order valence-corrected chi connectivity index (χ0v) is 11.4. The molecule has 0 spiro atoms. The minimum absolute atomic E-state index is 0.190. The molecule has 0 radical (unpaired) electrons. The second-order valence-corrected chi connectivity index (χ2v) is 4.95. The molecule has 0 bridgehead atoms. The van der Waals surface area contributed by atoms with Gasteiger partial charge in [0.15, 0.2) is 0 Å². The Balaban J connectivity index is 1.71. The highest BCUT2D eigenvalue weighted by Gasteiger charge is 2.02. The maximum Gasteiger partial charge on any atom is 0.125 e. The fraction of sp³-hybridized carbons (Fsp3) is 0.176. The van der Waals surface area contributed by atoms with Crippen molar-refractivity contribution in [3.63, 3.8) is 0 Å². The van der Waals surface area contributed by atoms with Crippen LogP contribution in [0.4, 0.5) is 10.1 Å². The molecule has 0 fully saturated rings. The van der Waals surface area contributed by atoms with E-state index in [1.54, 1.807) is 6.07 Å². The molecule has 3 heteroatoms. The van der Waals surface area contributed by atoms with Gasteiger partial charge in [-0.05, 0) is 48.2 Å². The molecule has 102 valence electrons. The van der Waals surface area contributed by atoms with E-state index in [0.717, 1.165) is 29.7 Å². The Morgan fingerprint density at radius 1 is 1.10 bits per heavy atom. The van der Waals surface area contributed by atoms with E-state index in [0.29, 0.717) is 0 Å². The van der Waals surface area contributed by atoms with Crippen LogP contribution >= 0.6 is 0 Å². The lowest BCUT2D eigenvalue weighted by atomic mass is 10.2. The summed E-state index contributed by atoms with van der Waals surface area (Å²) in [4.78, 5) is 0. The molecule has 0 saturated carbocycles. The number of aryl methyl sites for hydroxylation is 1. The van der Waals surface area contributed by atoms with Gasteiger partial charge in [0.2, 0.25) is 0 Å². The van der Waals surface area contributed by atoms with Gasteiger partial charge in [-0.1, -0.05) is 18.2 Å². The maximum absolute atomic E-state index is 13.3. The number of nitrogens with one attached hydrogen (secondary N) is 1. The SMILES string of the molecule is Cc1ccccc1NCCn1ccc2ccc(F)cc21. The van der Waals surface area contributed by atoms with Gasteiger partial charge in [0.05, 0.1) is 5.52 Å². The third-order valence-corrected chi connectivity index (χ3v) is 3.55. The van der Waals surface area contributed by atoms with Gasteiger partial charge in [0.1, 0.15) is 5.82 Å². The van der Waals surface area contributed by atoms with E-state index in [4.69, 9.17) is 0 Å². The monoisotopic (exact) mass is 268 g/mol. The quantitative estimate of drug-likeness (QED) is 0.750. The van der Waals surface area contributed by atoms with Crippen molar-refractivity contribution in [1.29, 1.82) is 0 Å². The van der Waals surface area contributed by atoms with Crippen molar-refractivity contribution in [3.05, 3.63) is 66.1 Å². The highest BCUT2D eigenvalue weighted by Crippen LogP contribution is 2.17. The first-order chi connectivity index (χ1) is 9.74. The molecule has 3 aromatic rings. The number of rotatable bonds is 4. The van der Waals surface area contributed by atoms with Gasteiger partial charge in [0.25, 0.3) is 0 Å². The predicted molar refractivity (Wildman–Crippen MR) is 81.6 cm³/mol. The highest BCUT2D eigenvalue weighted by atomic mass is 19.1. The van der Waals surface area contributed by atoms with Crippen LogP contribution in [0.25, 0.3) is 10.9 Å². The minimum atomic E-state index is -0.190. The molecule has 1 aromatic heterocycles. The average Bonchev–Trinajstić information content (AvgIpc) is 2.83. The molecular formula is C17H17FN2. The number of para-hydroxylation sites is 1. The first-order valence-electron chi connectivity index (χ1n) is 6.78. The first-order valence-corrected chi connectivity index (χ1v) is 6.78. The number of anilines is 1. The molecular weight excluding hydrogens is 251 g/mol. The lowest BCUT2D eigenvalue weighted by molar-refractivity contribution is 0.628. The highest BCUT2D eigenvalue weighted by molar-refractivity contribution is 5.80. The van der Waals surface area contributed by atoms with E-state index < -0.39 is 0 Å². The number of hydrogen-bond acceptors (Lipinski definition) is 1. The summed E-state index contributed by atoms with van der Waals surface area (Å²) in [6.07, 6.45) is 2.00. The van der Waals surface area contributed by atoms with Gasteiger partial charge < -0.3 is 9.88 Å². The van der Waals surface area contributed by atoms with E-state index in [-0.39, 0.29) is 5.82 Å². The van der Waals surface area contributed by atoms with Crippen LogP contribution in [0.3, 0.4) is 0 Å². The number of fused-ring (bicyclic) bond motifs is 1. The molecule has 1 N–H and O–H groups in total. The van der Waals surface area contributed by atoms with E-state index >= 15 is 0 Å². The summed E-state index contributed by atoms with van der Waals surface area (Å²) in [5.74, 6) is -0.190. The lowest BCUT2D eigenvalue weighted by Gasteiger charge is -2.10. The molecule has 0 aliphatic carbocycles. The van der Waals surface area contributed by atoms with Crippen molar-refractivity contribution in [3.8, 4) is 0 Å². The van der Waals surface area contributed by atoms with E-state index in [1.807, 2.05) is 30.5 Å². The normalized spacial score (nSPS) is 10.9. The summed E-state index contributed by atoms with van der Waals surface area (Å²) >= 11 is 0. The predicted octanol–water partition coefficient (Wildman–Crippen LogP) is 4.20. The van der Waals surface area contributed by atoms with Crippen molar-refractivity contribution in [2.75, 3.05) is 11.9 Å². The third kappa shape index (κ3) is 2.52. The molecule has 20 heavy (non-hydrogen) atoms. The standard InChI is InChI=1S/C17H17FN2/c1-13-4-2-3-5-16(13)19-9-11-20-10-8-14-6-7-15(18)12-17(14)20/h2-8,10,12,19H,9,11H2,1H3. The van der Waals surface area contributed by atoms with Crippen LogP contribution < -0.4 is 5.32 Å². The average molecular weight is 268 g/mol. The number of hydrogen-bond donors (Lipinski definition) is 1. The second-order valence-electron chi connectivity index (χ2n) is 4.95. The summed E-state index contributed by atoms with van der Waals surface area (Å²) < 4.78 is 15.4. The van der Waals surface area contributed by atoms with Crippen LogP contribution in [0, 0.1) is 12.7 Å². The van der Waals surface area contributed by atoms with Crippen molar-refractivity contribution < 1.29 is 4.39 Å². The Hall–Kier alpha value is -2.29. The van der Waals surface area contributed by atoms with Crippen molar-refractivity contribution in [1.82, 2.24) is 4.57 Å². The van der Waals surface area contributed by atoms with Gasteiger partial charge >= 0.3 is 0 Å². The number of nitrogens with zero attached hydrogens (tertiary/aromatic N) is 1. The van der Waals surface area contributed by atoms with Crippen LogP contribution in [-0.2, 0) is 6.54 Å². The number of aromatic nitrogens is 1. The Kier molecular flexibility index (Phi) is 3.42. The zero-order valence-electron chi connectivity index (χ0n) is 11.4. The molecule has 2 nitrogen and oxygen atoms in total. The molecule has 0 unspecified atom stereocenters. The van der Waals surface area contributed by atoms with E-state index in [2.05, 4.69) is 28.9 Å². The van der Waals surface area contributed by atoms with Crippen molar-refractivity contribution in [2.45, 2.75) is 13.5 Å². The second kappa shape index (κ2) is 5.37. The van der Waals surface area contributed by atoms with Crippen LogP contribution in [-0.4, -0.2) is 11.1 Å². The summed E-state index contributed by atoms with van der Waals surface area (Å²) in [7, 11) is 0. The Morgan fingerprint density at radius 2 is 1.95 bits per heavy atom. The van der Waals surface area contributed by atoms with Crippen LogP contribution in [0.1, 0.15) is 5.56 Å². The van der Waals surface area contributed by atoms with Gasteiger partial charge in [0, 0.05) is 25.0 Å². The van der Waals surface area contributed by atoms with Gasteiger partial charge in [-0.2, -0.15) is 0 Å². The molecule has 0 aliphatic heterocycles. The Morgan fingerprint density at radius 3 is 2.80 bits per heavy atom. The maximum atomic E-state index is 13.3.